The largest absolute Gasteiger partial charge is 0.340 e. The second-order valence-corrected chi connectivity index (χ2v) is 9.50. The highest BCUT2D eigenvalue weighted by Crippen LogP contribution is 2.23. The number of benzene rings is 2. The highest BCUT2D eigenvalue weighted by molar-refractivity contribution is 7.89. The van der Waals surface area contributed by atoms with E-state index in [9.17, 15) is 18.0 Å². The second-order valence-electron chi connectivity index (χ2n) is 7.16. The van der Waals surface area contributed by atoms with Crippen molar-refractivity contribution in [2.45, 2.75) is 37.1 Å². The molecule has 2 N–H and O–H groups in total. The minimum atomic E-state index is -3.60. The van der Waals surface area contributed by atoms with Crippen LogP contribution in [-0.4, -0.2) is 43.7 Å². The molecule has 3 rings (SSSR count). The first-order chi connectivity index (χ1) is 14.3. The van der Waals surface area contributed by atoms with Crippen LogP contribution in [0, 0.1) is 0 Å². The Morgan fingerprint density at radius 1 is 1.03 bits per heavy atom. The molecule has 1 heterocycles. The van der Waals surface area contributed by atoms with Gasteiger partial charge in [0.05, 0.1) is 15.5 Å². The molecule has 1 aliphatic heterocycles. The first kappa shape index (κ1) is 22.3. The van der Waals surface area contributed by atoms with Gasteiger partial charge in [0.25, 0.3) is 5.91 Å². The molecule has 0 spiro atoms. The zero-order valence-electron chi connectivity index (χ0n) is 16.6. The number of halogens is 1. The molecule has 1 atom stereocenters. The lowest BCUT2D eigenvalue weighted by atomic mass is 10.2. The van der Waals surface area contributed by atoms with Crippen LogP contribution < -0.4 is 10.6 Å². The summed E-state index contributed by atoms with van der Waals surface area (Å²) < 4.78 is 27.2. The predicted molar refractivity (Wildman–Crippen MR) is 116 cm³/mol. The quantitative estimate of drug-likeness (QED) is 0.707. The monoisotopic (exact) mass is 449 g/mol. The number of nitrogens with one attached hydrogen (secondary N) is 2. The van der Waals surface area contributed by atoms with Crippen LogP contribution in [0.1, 0.15) is 36.5 Å². The fourth-order valence-electron chi connectivity index (χ4n) is 3.22. The molecule has 7 nitrogen and oxygen atoms in total. The molecule has 1 fully saturated rings. The van der Waals surface area contributed by atoms with Crippen molar-refractivity contribution in [2.75, 3.05) is 18.4 Å². The van der Waals surface area contributed by atoms with Crippen molar-refractivity contribution in [2.24, 2.45) is 0 Å². The van der Waals surface area contributed by atoms with Gasteiger partial charge in [0.2, 0.25) is 15.9 Å². The first-order valence-corrected chi connectivity index (χ1v) is 11.6. The van der Waals surface area contributed by atoms with Crippen LogP contribution in [0.5, 0.6) is 0 Å². The lowest BCUT2D eigenvalue weighted by Crippen LogP contribution is -2.41. The van der Waals surface area contributed by atoms with Crippen LogP contribution in [-0.2, 0) is 14.8 Å². The van der Waals surface area contributed by atoms with Crippen LogP contribution in [0.15, 0.2) is 53.4 Å². The van der Waals surface area contributed by atoms with Gasteiger partial charge in [-0.25, -0.2) is 8.42 Å². The minimum Gasteiger partial charge on any atom is -0.340 e. The smallest absolute Gasteiger partial charge is 0.253 e. The van der Waals surface area contributed by atoms with E-state index in [1.165, 1.54) is 16.4 Å². The molecular formula is C21H24ClN3O4S. The number of nitrogens with zero attached hydrogens (tertiary/aromatic N) is 1. The van der Waals surface area contributed by atoms with E-state index in [1.807, 2.05) is 0 Å². The summed E-state index contributed by atoms with van der Waals surface area (Å²) in [4.78, 5) is 25.0. The molecule has 30 heavy (non-hydrogen) atoms. The predicted octanol–water partition coefficient (Wildman–Crippen LogP) is 3.27. The van der Waals surface area contributed by atoms with Crippen LogP contribution in [0.2, 0.25) is 5.02 Å². The maximum atomic E-state index is 12.8. The molecular weight excluding hydrogens is 426 g/mol. The zero-order valence-corrected chi connectivity index (χ0v) is 18.2. The standard InChI is InChI=1S/C21H24ClN3O4S/c1-15(23-21(27)18-10-3-4-11-19(18)22)20(26)24-16-8-7-9-17(14-16)30(28,29)25-12-5-2-6-13-25/h3-4,7-11,14-15H,2,5-6,12-13H2,1H3,(H,23,27)(H,24,26). The van der Waals surface area contributed by atoms with Crippen molar-refractivity contribution >= 4 is 39.1 Å². The molecule has 1 aliphatic rings. The van der Waals surface area contributed by atoms with E-state index in [0.29, 0.717) is 23.8 Å². The summed E-state index contributed by atoms with van der Waals surface area (Å²) in [5.41, 5.74) is 0.616. The molecule has 0 saturated carbocycles. The van der Waals surface area contributed by atoms with Gasteiger partial charge in [-0.3, -0.25) is 9.59 Å². The number of rotatable bonds is 6. The number of piperidine rings is 1. The number of amides is 2. The summed E-state index contributed by atoms with van der Waals surface area (Å²) in [6.07, 6.45) is 2.72. The van der Waals surface area contributed by atoms with Crippen molar-refractivity contribution in [3.05, 3.63) is 59.1 Å². The van der Waals surface area contributed by atoms with E-state index in [2.05, 4.69) is 10.6 Å². The lowest BCUT2D eigenvalue weighted by Gasteiger charge is -2.26. The van der Waals surface area contributed by atoms with E-state index in [-0.39, 0.29) is 10.5 Å². The normalized spacial score (nSPS) is 15.9. The number of hydrogen-bond donors (Lipinski definition) is 2. The Hall–Kier alpha value is -2.42. The Labute approximate surface area is 181 Å². The second kappa shape index (κ2) is 9.59. The van der Waals surface area contributed by atoms with E-state index in [1.54, 1.807) is 43.3 Å². The topological polar surface area (TPSA) is 95.6 Å². The maximum absolute atomic E-state index is 12.8. The van der Waals surface area contributed by atoms with Gasteiger partial charge in [0.15, 0.2) is 0 Å². The average Bonchev–Trinajstić information content (AvgIpc) is 2.74. The van der Waals surface area contributed by atoms with Gasteiger partial charge in [-0.15, -0.1) is 0 Å². The van der Waals surface area contributed by atoms with Crippen molar-refractivity contribution in [3.63, 3.8) is 0 Å². The van der Waals surface area contributed by atoms with Gasteiger partial charge >= 0.3 is 0 Å². The third kappa shape index (κ3) is 5.19. The Morgan fingerprint density at radius 2 is 1.73 bits per heavy atom. The lowest BCUT2D eigenvalue weighted by molar-refractivity contribution is -0.117. The molecule has 1 saturated heterocycles. The summed E-state index contributed by atoms with van der Waals surface area (Å²) in [6.45, 7) is 2.55. The Balaban J connectivity index is 1.67. The van der Waals surface area contributed by atoms with Gasteiger partial charge in [-0.05, 0) is 50.1 Å². The van der Waals surface area contributed by atoms with Crippen molar-refractivity contribution in [1.82, 2.24) is 9.62 Å². The van der Waals surface area contributed by atoms with Gasteiger partial charge in [0.1, 0.15) is 6.04 Å². The molecule has 1 unspecified atom stereocenters. The summed E-state index contributed by atoms with van der Waals surface area (Å²) >= 11 is 6.01. The Bertz CT molecular complexity index is 1040. The van der Waals surface area contributed by atoms with E-state index in [4.69, 9.17) is 11.6 Å². The van der Waals surface area contributed by atoms with Gasteiger partial charge in [0, 0.05) is 18.8 Å². The molecule has 0 aliphatic carbocycles. The van der Waals surface area contributed by atoms with Crippen LogP contribution >= 0.6 is 11.6 Å². The van der Waals surface area contributed by atoms with Gasteiger partial charge in [-0.1, -0.05) is 36.2 Å². The minimum absolute atomic E-state index is 0.134. The highest BCUT2D eigenvalue weighted by atomic mass is 35.5. The molecule has 0 aromatic heterocycles. The fraction of sp³-hybridized carbons (Fsp3) is 0.333. The van der Waals surface area contributed by atoms with Crippen LogP contribution in [0.25, 0.3) is 0 Å². The van der Waals surface area contributed by atoms with Crippen molar-refractivity contribution < 1.29 is 18.0 Å². The molecule has 0 radical (unpaired) electrons. The van der Waals surface area contributed by atoms with Crippen LogP contribution in [0.4, 0.5) is 5.69 Å². The van der Waals surface area contributed by atoms with E-state index in [0.717, 1.165) is 19.3 Å². The molecule has 9 heteroatoms. The molecule has 0 bridgehead atoms. The van der Waals surface area contributed by atoms with Crippen molar-refractivity contribution in [1.29, 1.82) is 0 Å². The number of sulfonamides is 1. The maximum Gasteiger partial charge on any atom is 0.253 e. The summed E-state index contributed by atoms with van der Waals surface area (Å²) in [6, 6.07) is 11.8. The number of carbonyl (C=O) groups excluding carboxylic acids is 2. The third-order valence-corrected chi connectivity index (χ3v) is 7.14. The molecule has 2 amide bonds. The van der Waals surface area contributed by atoms with E-state index >= 15 is 0 Å². The zero-order chi connectivity index (χ0) is 21.7. The third-order valence-electron chi connectivity index (χ3n) is 4.91. The number of carbonyl (C=O) groups is 2. The summed E-state index contributed by atoms with van der Waals surface area (Å²) in [7, 11) is -3.60. The number of hydrogen-bond acceptors (Lipinski definition) is 4. The van der Waals surface area contributed by atoms with E-state index < -0.39 is 27.9 Å². The summed E-state index contributed by atoms with van der Waals surface area (Å²) in [5.74, 6) is -0.937. The number of anilines is 1. The van der Waals surface area contributed by atoms with Gasteiger partial charge in [-0.2, -0.15) is 4.31 Å². The molecule has 160 valence electrons. The molecule has 2 aromatic rings. The van der Waals surface area contributed by atoms with Crippen molar-refractivity contribution in [3.8, 4) is 0 Å². The van der Waals surface area contributed by atoms with Gasteiger partial charge < -0.3 is 10.6 Å². The fourth-order valence-corrected chi connectivity index (χ4v) is 5.01. The SMILES string of the molecule is CC(NC(=O)c1ccccc1Cl)C(=O)Nc1cccc(S(=O)(=O)N2CCCCC2)c1. The highest BCUT2D eigenvalue weighted by Gasteiger charge is 2.26. The summed E-state index contributed by atoms with van der Waals surface area (Å²) in [5, 5.41) is 5.54. The Kier molecular flexibility index (Phi) is 7.12. The average molecular weight is 450 g/mol. The Morgan fingerprint density at radius 3 is 2.43 bits per heavy atom. The van der Waals surface area contributed by atoms with Crippen LogP contribution in [0.3, 0.4) is 0 Å². The first-order valence-electron chi connectivity index (χ1n) is 9.75. The molecule has 2 aromatic carbocycles.